The maximum absolute atomic E-state index is 12.7. The van der Waals surface area contributed by atoms with Crippen molar-refractivity contribution in [3.05, 3.63) is 52.6 Å². The second-order valence-electron chi connectivity index (χ2n) is 6.10. The molecule has 2 aromatic carbocycles. The quantitative estimate of drug-likeness (QED) is 0.849. The van der Waals surface area contributed by atoms with Crippen molar-refractivity contribution < 1.29 is 24.2 Å². The van der Waals surface area contributed by atoms with Gasteiger partial charge in [-0.05, 0) is 50.5 Å². The number of esters is 2. The van der Waals surface area contributed by atoms with E-state index < -0.39 is 11.9 Å². The number of aromatic hydroxyl groups is 1. The van der Waals surface area contributed by atoms with Crippen molar-refractivity contribution >= 4 is 11.9 Å². The second kappa shape index (κ2) is 7.38. The first-order valence-electron chi connectivity index (χ1n) is 7.99. The van der Waals surface area contributed by atoms with Gasteiger partial charge in [0, 0.05) is 5.56 Å². The second-order valence-corrected chi connectivity index (χ2v) is 6.10. The standard InChI is InChI=1S/C20H22O5/c1-11(2)25-20(23)16-13(4)10-15(21)18(19(22)24-5)17(16)14-9-7-6-8-12(14)3/h6-11,21H,1-5H3. The molecule has 2 aromatic rings. The molecule has 0 spiro atoms. The Labute approximate surface area is 147 Å². The van der Waals surface area contributed by atoms with E-state index in [-0.39, 0.29) is 23.0 Å². The van der Waals surface area contributed by atoms with E-state index in [1.54, 1.807) is 32.9 Å². The van der Waals surface area contributed by atoms with Gasteiger partial charge in [-0.25, -0.2) is 9.59 Å². The van der Waals surface area contributed by atoms with Gasteiger partial charge in [-0.15, -0.1) is 0 Å². The summed E-state index contributed by atoms with van der Waals surface area (Å²) in [7, 11) is 1.23. The van der Waals surface area contributed by atoms with E-state index in [4.69, 9.17) is 9.47 Å². The monoisotopic (exact) mass is 342 g/mol. The molecule has 0 radical (unpaired) electrons. The minimum Gasteiger partial charge on any atom is -0.507 e. The van der Waals surface area contributed by atoms with Gasteiger partial charge in [0.15, 0.2) is 0 Å². The third-order valence-corrected chi connectivity index (χ3v) is 3.85. The average Bonchev–Trinajstić information content (AvgIpc) is 2.53. The maximum atomic E-state index is 12.7. The van der Waals surface area contributed by atoms with E-state index in [1.165, 1.54) is 13.2 Å². The number of rotatable bonds is 4. The van der Waals surface area contributed by atoms with Gasteiger partial charge < -0.3 is 14.6 Å². The van der Waals surface area contributed by atoms with Crippen LogP contribution in [-0.4, -0.2) is 30.3 Å². The molecule has 5 nitrogen and oxygen atoms in total. The summed E-state index contributed by atoms with van der Waals surface area (Å²) in [5.74, 6) is -1.49. The van der Waals surface area contributed by atoms with Crippen LogP contribution in [0.4, 0.5) is 0 Å². The lowest BCUT2D eigenvalue weighted by Gasteiger charge is -2.19. The van der Waals surface area contributed by atoms with Crippen LogP contribution in [0.25, 0.3) is 11.1 Å². The zero-order valence-electron chi connectivity index (χ0n) is 15.0. The highest BCUT2D eigenvalue weighted by molar-refractivity contribution is 6.09. The number of aryl methyl sites for hydroxylation is 2. The molecule has 0 aliphatic heterocycles. The zero-order valence-corrected chi connectivity index (χ0v) is 15.0. The largest absolute Gasteiger partial charge is 0.507 e. The van der Waals surface area contributed by atoms with Gasteiger partial charge in [0.05, 0.1) is 18.8 Å². The normalized spacial score (nSPS) is 10.6. The van der Waals surface area contributed by atoms with Crippen molar-refractivity contribution in [2.75, 3.05) is 7.11 Å². The van der Waals surface area contributed by atoms with Crippen molar-refractivity contribution in [2.45, 2.75) is 33.8 Å². The van der Waals surface area contributed by atoms with Gasteiger partial charge in [-0.2, -0.15) is 0 Å². The molecule has 0 amide bonds. The lowest BCUT2D eigenvalue weighted by Crippen LogP contribution is -2.17. The van der Waals surface area contributed by atoms with E-state index in [9.17, 15) is 14.7 Å². The van der Waals surface area contributed by atoms with Crippen LogP contribution in [0.1, 0.15) is 45.7 Å². The first-order chi connectivity index (χ1) is 11.8. The minimum absolute atomic E-state index is 0.0434. The van der Waals surface area contributed by atoms with Crippen LogP contribution in [0.5, 0.6) is 5.75 Å². The van der Waals surface area contributed by atoms with Crippen LogP contribution in [0.3, 0.4) is 0 Å². The first kappa shape index (κ1) is 18.5. The van der Waals surface area contributed by atoms with Crippen molar-refractivity contribution in [1.29, 1.82) is 0 Å². The van der Waals surface area contributed by atoms with Gasteiger partial charge in [0.1, 0.15) is 11.3 Å². The summed E-state index contributed by atoms with van der Waals surface area (Å²) in [5, 5.41) is 10.4. The fraction of sp³-hybridized carbons (Fsp3) is 0.300. The highest BCUT2D eigenvalue weighted by atomic mass is 16.5. The summed E-state index contributed by atoms with van der Waals surface area (Å²) in [6.07, 6.45) is -0.313. The molecule has 0 bridgehead atoms. The molecular weight excluding hydrogens is 320 g/mol. The fourth-order valence-electron chi connectivity index (χ4n) is 2.77. The Morgan fingerprint density at radius 2 is 1.64 bits per heavy atom. The van der Waals surface area contributed by atoms with E-state index in [1.807, 2.05) is 19.1 Å². The summed E-state index contributed by atoms with van der Waals surface area (Å²) in [6.45, 7) is 7.07. The number of methoxy groups -OCH3 is 1. The number of hydrogen-bond acceptors (Lipinski definition) is 5. The van der Waals surface area contributed by atoms with E-state index >= 15 is 0 Å². The lowest BCUT2D eigenvalue weighted by molar-refractivity contribution is 0.0378. The molecule has 0 saturated heterocycles. The number of phenolic OH excluding ortho intramolecular Hbond substituents is 1. The van der Waals surface area contributed by atoms with Gasteiger partial charge in [0.25, 0.3) is 0 Å². The lowest BCUT2D eigenvalue weighted by atomic mass is 9.88. The summed E-state index contributed by atoms with van der Waals surface area (Å²) < 4.78 is 10.2. The van der Waals surface area contributed by atoms with E-state index in [0.29, 0.717) is 16.7 Å². The highest BCUT2D eigenvalue weighted by Crippen LogP contribution is 2.38. The van der Waals surface area contributed by atoms with E-state index in [2.05, 4.69) is 0 Å². The van der Waals surface area contributed by atoms with Crippen LogP contribution in [0.2, 0.25) is 0 Å². The Kier molecular flexibility index (Phi) is 5.47. The summed E-state index contributed by atoms with van der Waals surface area (Å²) in [4.78, 5) is 25.0. The Hall–Kier alpha value is -2.82. The number of phenols is 1. The number of hydrogen-bond donors (Lipinski definition) is 1. The number of carbonyl (C=O) groups excluding carboxylic acids is 2. The Balaban J connectivity index is 2.90. The Bertz CT molecular complexity index is 821. The maximum Gasteiger partial charge on any atom is 0.342 e. The molecule has 1 N–H and O–H groups in total. The van der Waals surface area contributed by atoms with Gasteiger partial charge in [-0.3, -0.25) is 0 Å². The molecule has 25 heavy (non-hydrogen) atoms. The topological polar surface area (TPSA) is 72.8 Å². The molecule has 0 aromatic heterocycles. The average molecular weight is 342 g/mol. The molecule has 2 rings (SSSR count). The summed E-state index contributed by atoms with van der Waals surface area (Å²) >= 11 is 0. The van der Waals surface area contributed by atoms with Crippen molar-refractivity contribution in [3.63, 3.8) is 0 Å². The van der Waals surface area contributed by atoms with Gasteiger partial charge in [0.2, 0.25) is 0 Å². The van der Waals surface area contributed by atoms with Crippen LogP contribution in [0.15, 0.2) is 30.3 Å². The first-order valence-corrected chi connectivity index (χ1v) is 7.99. The number of ether oxygens (including phenoxy) is 2. The van der Waals surface area contributed by atoms with Crippen LogP contribution in [-0.2, 0) is 9.47 Å². The van der Waals surface area contributed by atoms with E-state index in [0.717, 1.165) is 5.56 Å². The zero-order chi connectivity index (χ0) is 18.7. The molecule has 132 valence electrons. The third kappa shape index (κ3) is 3.65. The smallest absolute Gasteiger partial charge is 0.342 e. The Morgan fingerprint density at radius 1 is 1.00 bits per heavy atom. The minimum atomic E-state index is -0.714. The Morgan fingerprint density at radius 3 is 2.20 bits per heavy atom. The van der Waals surface area contributed by atoms with Crippen molar-refractivity contribution in [3.8, 4) is 16.9 Å². The number of benzene rings is 2. The molecule has 0 aliphatic rings. The predicted molar refractivity (Wildman–Crippen MR) is 94.9 cm³/mol. The molecule has 5 heteroatoms. The van der Waals surface area contributed by atoms with Crippen molar-refractivity contribution in [1.82, 2.24) is 0 Å². The van der Waals surface area contributed by atoms with Crippen LogP contribution >= 0.6 is 0 Å². The SMILES string of the molecule is COC(=O)c1c(O)cc(C)c(C(=O)OC(C)C)c1-c1ccccc1C. The molecular formula is C20H22O5. The highest BCUT2D eigenvalue weighted by Gasteiger charge is 2.28. The van der Waals surface area contributed by atoms with Gasteiger partial charge in [-0.1, -0.05) is 24.3 Å². The third-order valence-electron chi connectivity index (χ3n) is 3.85. The molecule has 0 saturated carbocycles. The fourth-order valence-corrected chi connectivity index (χ4v) is 2.77. The van der Waals surface area contributed by atoms with Crippen LogP contribution in [0, 0.1) is 13.8 Å². The predicted octanol–water partition coefficient (Wildman–Crippen LogP) is 4.03. The molecule has 0 atom stereocenters. The summed E-state index contributed by atoms with van der Waals surface area (Å²) in [5.41, 5.74) is 2.58. The summed E-state index contributed by atoms with van der Waals surface area (Å²) in [6, 6.07) is 8.71. The van der Waals surface area contributed by atoms with Gasteiger partial charge >= 0.3 is 11.9 Å². The molecule has 0 fully saturated rings. The molecule has 0 heterocycles. The molecule has 0 aliphatic carbocycles. The van der Waals surface area contributed by atoms with Crippen LogP contribution < -0.4 is 0 Å². The van der Waals surface area contributed by atoms with Crippen molar-refractivity contribution in [2.24, 2.45) is 0 Å². The number of carbonyl (C=O) groups is 2. The molecule has 0 unspecified atom stereocenters.